The lowest BCUT2D eigenvalue weighted by atomic mass is 10.4. The van der Waals surface area contributed by atoms with Crippen molar-refractivity contribution >= 4 is 34.7 Å². The van der Waals surface area contributed by atoms with Gasteiger partial charge in [0.05, 0.1) is 11.4 Å². The summed E-state index contributed by atoms with van der Waals surface area (Å²) >= 11 is 3.15. The zero-order valence-corrected chi connectivity index (χ0v) is 15.6. The van der Waals surface area contributed by atoms with Gasteiger partial charge < -0.3 is 5.32 Å². The molecular weight excluding hydrogens is 368 g/mol. The van der Waals surface area contributed by atoms with E-state index in [-0.39, 0.29) is 17.6 Å². The third-order valence-electron chi connectivity index (χ3n) is 4.09. The summed E-state index contributed by atoms with van der Waals surface area (Å²) in [5.74, 6) is 0.558. The number of nitrogens with zero attached hydrogens (tertiary/aromatic N) is 3. The van der Waals surface area contributed by atoms with E-state index in [1.165, 1.54) is 10.8 Å². The number of carbonyl (C=O) groups excluding carboxylic acids is 1. The number of aromatic nitrogens is 3. The minimum absolute atomic E-state index is 0.0979. The van der Waals surface area contributed by atoms with Gasteiger partial charge >= 0.3 is 5.69 Å². The number of carbonyl (C=O) groups is 1. The molecule has 0 saturated heterocycles. The van der Waals surface area contributed by atoms with Crippen LogP contribution in [-0.4, -0.2) is 26.8 Å². The molecule has 8 heteroatoms. The highest BCUT2D eigenvalue weighted by Gasteiger charge is 2.30. The van der Waals surface area contributed by atoms with Gasteiger partial charge in [0.2, 0.25) is 5.91 Å². The van der Waals surface area contributed by atoms with Gasteiger partial charge in [-0.3, -0.25) is 9.36 Å². The maximum Gasteiger partial charge on any atom is 0.346 e. The molecule has 6 nitrogen and oxygen atoms in total. The molecule has 1 aliphatic rings. The molecule has 0 radical (unpaired) electrons. The molecule has 0 aromatic carbocycles. The van der Waals surface area contributed by atoms with E-state index < -0.39 is 0 Å². The largest absolute Gasteiger partial charge is 0.351 e. The topological polar surface area (TPSA) is 68.9 Å². The molecule has 26 heavy (non-hydrogen) atoms. The van der Waals surface area contributed by atoms with Crippen LogP contribution < -0.4 is 11.0 Å². The fourth-order valence-corrected chi connectivity index (χ4v) is 4.01. The highest BCUT2D eigenvalue weighted by molar-refractivity contribution is 7.13. The molecule has 3 heterocycles. The van der Waals surface area contributed by atoms with Crippen molar-refractivity contribution in [3.05, 3.63) is 56.5 Å². The lowest BCUT2D eigenvalue weighted by molar-refractivity contribution is -0.116. The first-order chi connectivity index (χ1) is 12.7. The smallest absolute Gasteiger partial charge is 0.346 e. The standard InChI is InChI=1S/C18H18N4O2S2/c23-16(8-7-14-3-1-11-25-14)19-9-10-21-18(24)22(13-5-6-13)17(20-21)15-4-2-12-26-15/h1-4,7-8,11-13H,5-6,9-10H2,(H,19,23)/b8-7+. The molecular formula is C18H18N4O2S2. The number of hydrogen-bond acceptors (Lipinski definition) is 5. The van der Waals surface area contributed by atoms with E-state index in [9.17, 15) is 9.59 Å². The van der Waals surface area contributed by atoms with E-state index >= 15 is 0 Å². The van der Waals surface area contributed by atoms with Gasteiger partial charge in [-0.15, -0.1) is 27.8 Å². The predicted molar refractivity (Wildman–Crippen MR) is 104 cm³/mol. The Morgan fingerprint density at radius 1 is 1.27 bits per heavy atom. The van der Waals surface area contributed by atoms with Crippen LogP contribution in [-0.2, 0) is 11.3 Å². The Labute approximate surface area is 158 Å². The molecule has 1 fully saturated rings. The Kier molecular flexibility index (Phi) is 4.85. The van der Waals surface area contributed by atoms with Gasteiger partial charge in [-0.05, 0) is 41.8 Å². The lowest BCUT2D eigenvalue weighted by Crippen LogP contribution is -2.31. The third-order valence-corrected chi connectivity index (χ3v) is 5.79. The van der Waals surface area contributed by atoms with Crippen LogP contribution in [0.4, 0.5) is 0 Å². The van der Waals surface area contributed by atoms with Crippen LogP contribution in [0.25, 0.3) is 16.8 Å². The van der Waals surface area contributed by atoms with Gasteiger partial charge in [-0.2, -0.15) is 0 Å². The molecule has 0 atom stereocenters. The summed E-state index contributed by atoms with van der Waals surface area (Å²) in [5.41, 5.74) is -0.0979. The summed E-state index contributed by atoms with van der Waals surface area (Å²) < 4.78 is 3.25. The number of hydrogen-bond donors (Lipinski definition) is 1. The first-order valence-electron chi connectivity index (χ1n) is 8.45. The minimum Gasteiger partial charge on any atom is -0.351 e. The summed E-state index contributed by atoms with van der Waals surface area (Å²) in [6, 6.07) is 8.09. The van der Waals surface area contributed by atoms with Crippen LogP contribution >= 0.6 is 22.7 Å². The van der Waals surface area contributed by atoms with Crippen molar-refractivity contribution in [3.63, 3.8) is 0 Å². The first-order valence-corrected chi connectivity index (χ1v) is 10.2. The zero-order valence-electron chi connectivity index (χ0n) is 14.0. The maximum atomic E-state index is 12.7. The fourth-order valence-electron chi connectivity index (χ4n) is 2.69. The van der Waals surface area contributed by atoms with Crippen LogP contribution in [0.5, 0.6) is 0 Å². The second kappa shape index (κ2) is 7.43. The van der Waals surface area contributed by atoms with Crippen molar-refractivity contribution in [1.29, 1.82) is 0 Å². The Morgan fingerprint density at radius 2 is 2.08 bits per heavy atom. The van der Waals surface area contributed by atoms with Crippen LogP contribution in [0.3, 0.4) is 0 Å². The van der Waals surface area contributed by atoms with E-state index in [1.54, 1.807) is 33.3 Å². The van der Waals surface area contributed by atoms with Gasteiger partial charge in [0.25, 0.3) is 0 Å². The van der Waals surface area contributed by atoms with Gasteiger partial charge in [-0.1, -0.05) is 12.1 Å². The molecule has 1 N–H and O–H groups in total. The molecule has 0 bridgehead atoms. The van der Waals surface area contributed by atoms with Crippen molar-refractivity contribution in [2.75, 3.05) is 6.54 Å². The van der Waals surface area contributed by atoms with Gasteiger partial charge in [0.15, 0.2) is 5.82 Å². The van der Waals surface area contributed by atoms with Crippen molar-refractivity contribution in [3.8, 4) is 10.7 Å². The normalized spacial score (nSPS) is 14.2. The summed E-state index contributed by atoms with van der Waals surface area (Å²) in [6.07, 6.45) is 5.33. The van der Waals surface area contributed by atoms with Crippen molar-refractivity contribution in [1.82, 2.24) is 19.7 Å². The molecule has 3 aromatic rings. The van der Waals surface area contributed by atoms with Crippen molar-refractivity contribution in [2.24, 2.45) is 0 Å². The Morgan fingerprint density at radius 3 is 2.77 bits per heavy atom. The SMILES string of the molecule is O=C(/C=C/c1cccs1)NCCn1nc(-c2cccs2)n(C2CC2)c1=O. The van der Waals surface area contributed by atoms with E-state index in [0.29, 0.717) is 13.1 Å². The van der Waals surface area contributed by atoms with Crippen molar-refractivity contribution in [2.45, 2.75) is 25.4 Å². The number of rotatable bonds is 7. The highest BCUT2D eigenvalue weighted by Crippen LogP contribution is 2.37. The van der Waals surface area contributed by atoms with Crippen LogP contribution in [0.1, 0.15) is 23.8 Å². The molecule has 1 aliphatic carbocycles. The van der Waals surface area contributed by atoms with Gasteiger partial charge in [0.1, 0.15) is 0 Å². The Bertz CT molecular complexity index is 964. The molecule has 3 aromatic heterocycles. The average Bonchev–Trinajstić information content (AvgIpc) is 3.07. The number of thiophene rings is 2. The second-order valence-corrected chi connectivity index (χ2v) is 7.97. The van der Waals surface area contributed by atoms with E-state index in [1.807, 2.05) is 35.0 Å². The average molecular weight is 387 g/mol. The van der Waals surface area contributed by atoms with E-state index in [2.05, 4.69) is 10.4 Å². The zero-order chi connectivity index (χ0) is 17.9. The number of nitrogens with one attached hydrogen (secondary N) is 1. The van der Waals surface area contributed by atoms with Crippen molar-refractivity contribution < 1.29 is 4.79 Å². The molecule has 1 amide bonds. The predicted octanol–water partition coefficient (Wildman–Crippen LogP) is 3.00. The first kappa shape index (κ1) is 17.0. The molecule has 0 unspecified atom stereocenters. The summed E-state index contributed by atoms with van der Waals surface area (Å²) in [6.45, 7) is 0.717. The summed E-state index contributed by atoms with van der Waals surface area (Å²) in [5, 5.41) is 11.3. The Balaban J connectivity index is 1.41. The maximum absolute atomic E-state index is 12.7. The quantitative estimate of drug-likeness (QED) is 0.635. The van der Waals surface area contributed by atoms with Gasteiger partial charge in [-0.25, -0.2) is 9.48 Å². The second-order valence-electron chi connectivity index (χ2n) is 6.05. The minimum atomic E-state index is -0.174. The van der Waals surface area contributed by atoms with Crippen LogP contribution in [0.2, 0.25) is 0 Å². The summed E-state index contributed by atoms with van der Waals surface area (Å²) in [4.78, 5) is 26.6. The van der Waals surface area contributed by atoms with Crippen LogP contribution in [0, 0.1) is 0 Å². The molecule has 0 spiro atoms. The molecule has 134 valence electrons. The fraction of sp³-hybridized carbons (Fsp3) is 0.278. The molecule has 4 rings (SSSR count). The lowest BCUT2D eigenvalue weighted by Gasteiger charge is -2.01. The van der Waals surface area contributed by atoms with Crippen LogP contribution in [0.15, 0.2) is 45.9 Å². The number of amides is 1. The molecule has 0 aliphatic heterocycles. The Hall–Kier alpha value is -2.45. The third kappa shape index (κ3) is 3.71. The monoisotopic (exact) mass is 386 g/mol. The van der Waals surface area contributed by atoms with E-state index in [4.69, 9.17) is 0 Å². The van der Waals surface area contributed by atoms with Gasteiger partial charge in [0, 0.05) is 23.5 Å². The van der Waals surface area contributed by atoms with E-state index in [0.717, 1.165) is 28.4 Å². The molecule has 1 saturated carbocycles. The highest BCUT2D eigenvalue weighted by atomic mass is 32.1. The summed E-state index contributed by atoms with van der Waals surface area (Å²) in [7, 11) is 0.